The first-order valence-electron chi connectivity index (χ1n) is 5.21. The number of hydrogen-bond donors (Lipinski definition) is 1. The lowest BCUT2D eigenvalue weighted by Gasteiger charge is -2.04. The zero-order valence-electron chi connectivity index (χ0n) is 9.63. The molecule has 6 heteroatoms. The molecule has 0 saturated heterocycles. The van der Waals surface area contributed by atoms with Crippen molar-refractivity contribution in [1.82, 2.24) is 9.78 Å². The van der Waals surface area contributed by atoms with E-state index < -0.39 is 11.8 Å². The van der Waals surface area contributed by atoms with Crippen molar-refractivity contribution in [3.63, 3.8) is 0 Å². The summed E-state index contributed by atoms with van der Waals surface area (Å²) >= 11 is 0. The lowest BCUT2D eigenvalue weighted by molar-refractivity contribution is 0.0685. The molecule has 1 heterocycles. The molecule has 0 atom stereocenters. The SMILES string of the molecule is Cn1nc(COc2ccccc2F)cc1C(=O)O. The normalized spacial score (nSPS) is 10.3. The van der Waals surface area contributed by atoms with Gasteiger partial charge in [0, 0.05) is 7.05 Å². The van der Waals surface area contributed by atoms with E-state index in [0.29, 0.717) is 5.69 Å². The number of para-hydroxylation sites is 1. The Morgan fingerprint density at radius 2 is 2.22 bits per heavy atom. The average Bonchev–Trinajstić information content (AvgIpc) is 2.70. The molecule has 0 aliphatic rings. The summed E-state index contributed by atoms with van der Waals surface area (Å²) in [4.78, 5) is 10.8. The summed E-state index contributed by atoms with van der Waals surface area (Å²) in [6.45, 7) is 0.0159. The summed E-state index contributed by atoms with van der Waals surface area (Å²) < 4.78 is 19.7. The van der Waals surface area contributed by atoms with E-state index in [9.17, 15) is 9.18 Å². The number of nitrogens with zero attached hydrogens (tertiary/aromatic N) is 2. The van der Waals surface area contributed by atoms with Gasteiger partial charge in [-0.2, -0.15) is 5.10 Å². The Balaban J connectivity index is 2.09. The summed E-state index contributed by atoms with van der Waals surface area (Å²) in [6, 6.07) is 7.39. The van der Waals surface area contributed by atoms with Gasteiger partial charge in [0.25, 0.3) is 0 Å². The maximum atomic E-state index is 13.3. The average molecular weight is 250 g/mol. The third-order valence-corrected chi connectivity index (χ3v) is 2.36. The molecule has 0 saturated carbocycles. The summed E-state index contributed by atoms with van der Waals surface area (Å²) in [5.41, 5.74) is 0.486. The maximum absolute atomic E-state index is 13.3. The molecule has 0 bridgehead atoms. The van der Waals surface area contributed by atoms with Gasteiger partial charge in [-0.05, 0) is 18.2 Å². The number of hydrogen-bond acceptors (Lipinski definition) is 3. The summed E-state index contributed by atoms with van der Waals surface area (Å²) in [5, 5.41) is 12.8. The van der Waals surface area contributed by atoms with Crippen LogP contribution < -0.4 is 4.74 Å². The smallest absolute Gasteiger partial charge is 0.354 e. The first kappa shape index (κ1) is 12.1. The number of carboxylic acids is 1. The Hall–Kier alpha value is -2.37. The zero-order valence-corrected chi connectivity index (χ0v) is 9.63. The predicted octanol–water partition coefficient (Wildman–Crippen LogP) is 1.84. The Kier molecular flexibility index (Phi) is 3.27. The van der Waals surface area contributed by atoms with Crippen LogP contribution in [0.5, 0.6) is 5.75 Å². The summed E-state index contributed by atoms with van der Waals surface area (Å²) in [7, 11) is 1.52. The molecule has 0 radical (unpaired) electrons. The lowest BCUT2D eigenvalue weighted by atomic mass is 10.3. The fourth-order valence-electron chi connectivity index (χ4n) is 1.51. The summed E-state index contributed by atoms with van der Waals surface area (Å²) in [5.74, 6) is -1.42. The van der Waals surface area contributed by atoms with Crippen molar-refractivity contribution in [2.24, 2.45) is 7.05 Å². The second kappa shape index (κ2) is 4.87. The van der Waals surface area contributed by atoms with Gasteiger partial charge >= 0.3 is 5.97 Å². The maximum Gasteiger partial charge on any atom is 0.354 e. The Morgan fingerprint density at radius 3 is 2.83 bits per heavy atom. The largest absolute Gasteiger partial charge is 0.484 e. The van der Waals surface area contributed by atoms with E-state index in [1.54, 1.807) is 12.1 Å². The van der Waals surface area contributed by atoms with Gasteiger partial charge in [-0.25, -0.2) is 9.18 Å². The van der Waals surface area contributed by atoms with E-state index >= 15 is 0 Å². The van der Waals surface area contributed by atoms with Gasteiger partial charge in [-0.15, -0.1) is 0 Å². The van der Waals surface area contributed by atoms with Gasteiger partial charge in [0.1, 0.15) is 18.0 Å². The van der Waals surface area contributed by atoms with Crippen molar-refractivity contribution < 1.29 is 19.0 Å². The minimum absolute atomic E-state index is 0.0159. The number of rotatable bonds is 4. The topological polar surface area (TPSA) is 64.4 Å². The molecule has 0 spiro atoms. The molecular weight excluding hydrogens is 239 g/mol. The second-order valence-electron chi connectivity index (χ2n) is 3.67. The zero-order chi connectivity index (χ0) is 13.1. The Morgan fingerprint density at radius 1 is 1.50 bits per heavy atom. The van der Waals surface area contributed by atoms with Crippen LogP contribution in [0.3, 0.4) is 0 Å². The van der Waals surface area contributed by atoms with Crippen molar-refractivity contribution in [2.45, 2.75) is 6.61 Å². The number of carbonyl (C=O) groups is 1. The highest BCUT2D eigenvalue weighted by Crippen LogP contribution is 2.17. The van der Waals surface area contributed by atoms with E-state index in [1.807, 2.05) is 0 Å². The van der Waals surface area contributed by atoms with Gasteiger partial charge in [0.2, 0.25) is 0 Å². The van der Waals surface area contributed by atoms with Gasteiger partial charge in [-0.3, -0.25) is 4.68 Å². The molecule has 0 aliphatic heterocycles. The molecule has 0 fully saturated rings. The van der Waals surface area contributed by atoms with E-state index in [0.717, 1.165) is 0 Å². The van der Waals surface area contributed by atoms with Crippen LogP contribution in [-0.2, 0) is 13.7 Å². The van der Waals surface area contributed by atoms with Crippen molar-refractivity contribution in [3.8, 4) is 5.75 Å². The highest BCUT2D eigenvalue weighted by Gasteiger charge is 2.12. The molecule has 5 nitrogen and oxygen atoms in total. The van der Waals surface area contributed by atoms with Crippen LogP contribution in [-0.4, -0.2) is 20.9 Å². The minimum Gasteiger partial charge on any atom is -0.484 e. The van der Waals surface area contributed by atoms with E-state index in [-0.39, 0.29) is 18.1 Å². The van der Waals surface area contributed by atoms with Gasteiger partial charge in [-0.1, -0.05) is 12.1 Å². The monoisotopic (exact) mass is 250 g/mol. The van der Waals surface area contributed by atoms with Crippen LogP contribution in [0.1, 0.15) is 16.2 Å². The number of aryl methyl sites for hydroxylation is 1. The lowest BCUT2D eigenvalue weighted by Crippen LogP contribution is -2.05. The quantitative estimate of drug-likeness (QED) is 0.899. The molecule has 0 amide bonds. The van der Waals surface area contributed by atoms with Crippen LogP contribution in [0.25, 0.3) is 0 Å². The molecule has 2 rings (SSSR count). The molecule has 1 aromatic heterocycles. The standard InChI is InChI=1S/C12H11FN2O3/c1-15-10(12(16)17)6-8(14-15)7-18-11-5-3-2-4-9(11)13/h2-6H,7H2,1H3,(H,16,17). The number of halogens is 1. The van der Waals surface area contributed by atoms with E-state index in [2.05, 4.69) is 5.10 Å². The fourth-order valence-corrected chi connectivity index (χ4v) is 1.51. The van der Waals surface area contributed by atoms with Crippen molar-refractivity contribution >= 4 is 5.97 Å². The molecule has 94 valence electrons. The van der Waals surface area contributed by atoms with Gasteiger partial charge in [0.05, 0.1) is 0 Å². The summed E-state index contributed by atoms with van der Waals surface area (Å²) in [6.07, 6.45) is 0. The fraction of sp³-hybridized carbons (Fsp3) is 0.167. The second-order valence-corrected chi connectivity index (χ2v) is 3.67. The number of ether oxygens (including phenoxy) is 1. The molecule has 18 heavy (non-hydrogen) atoms. The first-order valence-corrected chi connectivity index (χ1v) is 5.21. The highest BCUT2D eigenvalue weighted by molar-refractivity contribution is 5.85. The van der Waals surface area contributed by atoms with Gasteiger partial charge < -0.3 is 9.84 Å². The van der Waals surface area contributed by atoms with Crippen LogP contribution in [0, 0.1) is 5.82 Å². The van der Waals surface area contributed by atoms with Crippen LogP contribution in [0.2, 0.25) is 0 Å². The highest BCUT2D eigenvalue weighted by atomic mass is 19.1. The van der Waals surface area contributed by atoms with Crippen molar-refractivity contribution in [1.29, 1.82) is 0 Å². The molecule has 0 unspecified atom stereocenters. The Labute approximate surface area is 102 Å². The number of aromatic carboxylic acids is 1. The minimum atomic E-state index is -1.07. The number of aromatic nitrogens is 2. The van der Waals surface area contributed by atoms with Crippen LogP contribution >= 0.6 is 0 Å². The molecule has 2 aromatic rings. The van der Waals surface area contributed by atoms with Crippen LogP contribution in [0.15, 0.2) is 30.3 Å². The number of carboxylic acid groups (broad SMARTS) is 1. The molecular formula is C12H11FN2O3. The predicted molar refractivity (Wildman–Crippen MR) is 60.9 cm³/mol. The number of benzene rings is 1. The van der Waals surface area contributed by atoms with E-state index in [4.69, 9.17) is 9.84 Å². The third-order valence-electron chi connectivity index (χ3n) is 2.36. The van der Waals surface area contributed by atoms with Crippen molar-refractivity contribution in [2.75, 3.05) is 0 Å². The van der Waals surface area contributed by atoms with Gasteiger partial charge in [0.15, 0.2) is 11.6 Å². The molecule has 1 aromatic carbocycles. The first-order chi connectivity index (χ1) is 8.58. The van der Waals surface area contributed by atoms with Crippen LogP contribution in [0.4, 0.5) is 4.39 Å². The third kappa shape index (κ3) is 2.48. The molecule has 0 aliphatic carbocycles. The van der Waals surface area contributed by atoms with Crippen molar-refractivity contribution in [3.05, 3.63) is 47.5 Å². The Bertz CT molecular complexity index is 580. The van der Waals surface area contributed by atoms with E-state index in [1.165, 1.54) is 29.9 Å². The molecule has 1 N–H and O–H groups in total.